The highest BCUT2D eigenvalue weighted by molar-refractivity contribution is 7.89. The predicted octanol–water partition coefficient (Wildman–Crippen LogP) is 1.88. The number of hydrogen-bond acceptors (Lipinski definition) is 6. The molecule has 0 aliphatic carbocycles. The molecule has 1 aliphatic rings. The van der Waals surface area contributed by atoms with E-state index >= 15 is 0 Å². The van der Waals surface area contributed by atoms with Gasteiger partial charge in [0.1, 0.15) is 4.90 Å². The van der Waals surface area contributed by atoms with Gasteiger partial charge in [0.25, 0.3) is 5.91 Å². The molecular weight excluding hydrogens is 444 g/mol. The maximum absolute atomic E-state index is 12.9. The molecule has 2 aromatic rings. The van der Waals surface area contributed by atoms with Crippen LogP contribution in [0.15, 0.2) is 53.4 Å². The van der Waals surface area contributed by atoms with Gasteiger partial charge in [-0.05, 0) is 30.2 Å². The lowest BCUT2D eigenvalue weighted by molar-refractivity contribution is -0.124. The third-order valence-corrected chi connectivity index (χ3v) is 7.05. The van der Waals surface area contributed by atoms with Crippen LogP contribution in [0.5, 0.6) is 0 Å². The van der Waals surface area contributed by atoms with Crippen LogP contribution in [0.25, 0.3) is 0 Å². The minimum atomic E-state index is -3.88. The minimum Gasteiger partial charge on any atom is -0.452 e. The summed E-state index contributed by atoms with van der Waals surface area (Å²) in [6.45, 7) is 0.925. The maximum Gasteiger partial charge on any atom is 0.338 e. The monoisotopic (exact) mass is 466 g/mol. The Bertz CT molecular complexity index is 1020. The molecule has 0 bridgehead atoms. The van der Waals surface area contributed by atoms with Crippen LogP contribution >= 0.6 is 11.6 Å². The second-order valence-electron chi connectivity index (χ2n) is 6.82. The highest BCUT2D eigenvalue weighted by Gasteiger charge is 2.29. The second kappa shape index (κ2) is 10.7. The van der Waals surface area contributed by atoms with Gasteiger partial charge < -0.3 is 14.8 Å². The van der Waals surface area contributed by atoms with Crippen molar-refractivity contribution in [3.05, 3.63) is 64.7 Å². The number of carbonyl (C=O) groups is 2. The largest absolute Gasteiger partial charge is 0.452 e. The Morgan fingerprint density at radius 3 is 2.52 bits per heavy atom. The number of nitrogens with one attached hydrogen (secondary N) is 1. The van der Waals surface area contributed by atoms with E-state index in [0.717, 1.165) is 5.56 Å². The standard InChI is InChI=1S/C21H23ClN2O6S/c22-18-7-6-17(14-19(18)31(27,28)24-10-12-29-13-11-24)21(26)30-15-20(25)23-9-8-16-4-2-1-3-5-16/h1-7,14H,8-13,15H2,(H,23,25). The highest BCUT2D eigenvalue weighted by Crippen LogP contribution is 2.26. The molecule has 0 radical (unpaired) electrons. The van der Waals surface area contributed by atoms with Crippen molar-refractivity contribution < 1.29 is 27.5 Å². The Labute approximate surface area is 186 Å². The van der Waals surface area contributed by atoms with Gasteiger partial charge in [-0.25, -0.2) is 13.2 Å². The molecule has 1 fully saturated rings. The van der Waals surface area contributed by atoms with Crippen molar-refractivity contribution >= 4 is 33.5 Å². The van der Waals surface area contributed by atoms with Crippen LogP contribution in [0.3, 0.4) is 0 Å². The summed E-state index contributed by atoms with van der Waals surface area (Å²) in [4.78, 5) is 24.1. The average molecular weight is 467 g/mol. The first kappa shape index (κ1) is 23.2. The van der Waals surface area contributed by atoms with Crippen molar-refractivity contribution in [2.24, 2.45) is 0 Å². The predicted molar refractivity (Wildman–Crippen MR) is 114 cm³/mol. The molecule has 166 valence electrons. The Kier molecular flexibility index (Phi) is 8.03. The number of sulfonamides is 1. The van der Waals surface area contributed by atoms with Gasteiger partial charge in [0.2, 0.25) is 10.0 Å². The Hall–Kier alpha value is -2.46. The number of rotatable bonds is 8. The van der Waals surface area contributed by atoms with Crippen LogP contribution in [-0.4, -0.2) is 64.1 Å². The zero-order chi connectivity index (χ0) is 22.3. The van der Waals surface area contributed by atoms with Crippen molar-refractivity contribution in [3.63, 3.8) is 0 Å². The number of ether oxygens (including phenoxy) is 2. The Balaban J connectivity index is 1.56. The SMILES string of the molecule is O=C(COC(=O)c1ccc(Cl)c(S(=O)(=O)N2CCOCC2)c1)NCCc1ccccc1. The van der Waals surface area contributed by atoms with Crippen molar-refractivity contribution in [2.45, 2.75) is 11.3 Å². The topological polar surface area (TPSA) is 102 Å². The molecule has 1 saturated heterocycles. The van der Waals surface area contributed by atoms with Gasteiger partial charge in [-0.3, -0.25) is 4.79 Å². The summed E-state index contributed by atoms with van der Waals surface area (Å²) >= 11 is 6.09. The van der Waals surface area contributed by atoms with E-state index in [-0.39, 0.29) is 41.8 Å². The quantitative estimate of drug-likeness (QED) is 0.596. The number of benzene rings is 2. The van der Waals surface area contributed by atoms with Gasteiger partial charge in [0.15, 0.2) is 6.61 Å². The molecule has 1 aliphatic heterocycles. The zero-order valence-electron chi connectivity index (χ0n) is 16.8. The highest BCUT2D eigenvalue weighted by atomic mass is 35.5. The summed E-state index contributed by atoms with van der Waals surface area (Å²) in [6.07, 6.45) is 0.653. The van der Waals surface area contributed by atoms with E-state index in [4.69, 9.17) is 21.1 Å². The van der Waals surface area contributed by atoms with E-state index in [1.54, 1.807) is 0 Å². The molecular formula is C21H23ClN2O6S. The van der Waals surface area contributed by atoms with Gasteiger partial charge in [-0.1, -0.05) is 41.9 Å². The van der Waals surface area contributed by atoms with Crippen molar-refractivity contribution in [1.29, 1.82) is 0 Å². The Morgan fingerprint density at radius 2 is 1.81 bits per heavy atom. The van der Waals surface area contributed by atoms with Gasteiger partial charge in [-0.15, -0.1) is 0 Å². The van der Waals surface area contributed by atoms with E-state index in [2.05, 4.69) is 5.32 Å². The molecule has 8 nitrogen and oxygen atoms in total. The van der Waals surface area contributed by atoms with Crippen molar-refractivity contribution in [1.82, 2.24) is 9.62 Å². The first-order valence-corrected chi connectivity index (χ1v) is 11.5. The molecule has 31 heavy (non-hydrogen) atoms. The normalized spacial score (nSPS) is 14.7. The summed E-state index contributed by atoms with van der Waals surface area (Å²) in [5, 5.41) is 2.68. The third-order valence-electron chi connectivity index (χ3n) is 4.67. The second-order valence-corrected chi connectivity index (χ2v) is 9.14. The fraction of sp³-hybridized carbons (Fsp3) is 0.333. The number of hydrogen-bond donors (Lipinski definition) is 1. The minimum absolute atomic E-state index is 0.00157. The molecule has 1 N–H and O–H groups in total. The lowest BCUT2D eigenvalue weighted by atomic mass is 10.1. The van der Waals surface area contributed by atoms with Gasteiger partial charge in [0, 0.05) is 19.6 Å². The molecule has 0 saturated carbocycles. The van der Waals surface area contributed by atoms with Crippen LogP contribution in [0.4, 0.5) is 0 Å². The first-order valence-electron chi connectivity index (χ1n) is 9.73. The number of halogens is 1. The van der Waals surface area contributed by atoms with Crippen LogP contribution in [0, 0.1) is 0 Å². The van der Waals surface area contributed by atoms with Crippen LogP contribution in [-0.2, 0) is 30.7 Å². The van der Waals surface area contributed by atoms with Crippen LogP contribution in [0.2, 0.25) is 5.02 Å². The lowest BCUT2D eigenvalue weighted by Gasteiger charge is -2.26. The summed E-state index contributed by atoms with van der Waals surface area (Å²) in [5.74, 6) is -1.26. The molecule has 1 heterocycles. The number of morpholine rings is 1. The molecule has 0 aromatic heterocycles. The number of carbonyl (C=O) groups excluding carboxylic acids is 2. The molecule has 0 unspecified atom stereocenters. The molecule has 10 heteroatoms. The smallest absolute Gasteiger partial charge is 0.338 e. The number of amides is 1. The zero-order valence-corrected chi connectivity index (χ0v) is 18.3. The van der Waals surface area contributed by atoms with E-state index in [1.165, 1.54) is 22.5 Å². The van der Waals surface area contributed by atoms with Crippen LogP contribution < -0.4 is 5.32 Å². The fourth-order valence-corrected chi connectivity index (χ4v) is 4.92. The average Bonchev–Trinajstić information content (AvgIpc) is 2.79. The van der Waals surface area contributed by atoms with Crippen molar-refractivity contribution in [3.8, 4) is 0 Å². The maximum atomic E-state index is 12.9. The van der Waals surface area contributed by atoms with E-state index in [9.17, 15) is 18.0 Å². The van der Waals surface area contributed by atoms with Gasteiger partial charge >= 0.3 is 5.97 Å². The molecule has 0 spiro atoms. The lowest BCUT2D eigenvalue weighted by Crippen LogP contribution is -2.40. The van der Waals surface area contributed by atoms with Gasteiger partial charge in [-0.2, -0.15) is 4.31 Å². The number of esters is 1. The summed E-state index contributed by atoms with van der Waals surface area (Å²) < 4.78 is 37.2. The summed E-state index contributed by atoms with van der Waals surface area (Å²) in [7, 11) is -3.88. The third kappa shape index (κ3) is 6.27. The van der Waals surface area contributed by atoms with Gasteiger partial charge in [0.05, 0.1) is 23.8 Å². The van der Waals surface area contributed by atoms with E-state index in [0.29, 0.717) is 13.0 Å². The molecule has 1 amide bonds. The molecule has 2 aromatic carbocycles. The molecule has 0 atom stereocenters. The van der Waals surface area contributed by atoms with E-state index < -0.39 is 28.5 Å². The first-order chi connectivity index (χ1) is 14.9. The Morgan fingerprint density at radius 1 is 1.10 bits per heavy atom. The summed E-state index contributed by atoms with van der Waals surface area (Å²) in [5.41, 5.74) is 1.07. The fourth-order valence-electron chi connectivity index (χ4n) is 3.01. The van der Waals surface area contributed by atoms with Crippen LogP contribution in [0.1, 0.15) is 15.9 Å². The summed E-state index contributed by atoms with van der Waals surface area (Å²) in [6, 6.07) is 13.5. The van der Waals surface area contributed by atoms with E-state index in [1.807, 2.05) is 30.3 Å². The van der Waals surface area contributed by atoms with Crippen molar-refractivity contribution in [2.75, 3.05) is 39.5 Å². The molecule has 3 rings (SSSR count). The number of nitrogens with zero attached hydrogens (tertiary/aromatic N) is 1.